The Morgan fingerprint density at radius 2 is 1.55 bits per heavy atom. The van der Waals surface area contributed by atoms with E-state index in [1.54, 1.807) is 6.92 Å². The SMILES string of the molecule is CC(C)(C)OC(=O)N1CCCC1(C)C(=O)OCc1ccccc1.CC(C)(C)S(C)(C)C. The molecule has 1 aromatic rings. The molecule has 0 bridgehead atoms. The van der Waals surface area contributed by atoms with E-state index >= 15 is 0 Å². The van der Waals surface area contributed by atoms with Crippen LogP contribution in [0.25, 0.3) is 0 Å². The van der Waals surface area contributed by atoms with Crippen molar-refractivity contribution in [2.75, 3.05) is 25.3 Å². The predicted molar refractivity (Wildman–Crippen MR) is 132 cm³/mol. The quantitative estimate of drug-likeness (QED) is 0.527. The van der Waals surface area contributed by atoms with Gasteiger partial charge in [0.15, 0.2) is 0 Å². The molecule has 1 amide bonds. The van der Waals surface area contributed by atoms with Gasteiger partial charge in [-0.05, 0) is 69.6 Å². The minimum Gasteiger partial charge on any atom is -0.459 e. The van der Waals surface area contributed by atoms with Crippen LogP contribution in [-0.4, -0.2) is 58.2 Å². The fraction of sp³-hybridized carbons (Fsp3) is 0.680. The highest BCUT2D eigenvalue weighted by Gasteiger charge is 2.48. The predicted octanol–water partition coefficient (Wildman–Crippen LogP) is 6.00. The molecule has 0 saturated carbocycles. The molecule has 0 aromatic heterocycles. The molecule has 6 heteroatoms. The van der Waals surface area contributed by atoms with Gasteiger partial charge in [-0.25, -0.2) is 19.6 Å². The van der Waals surface area contributed by atoms with E-state index in [4.69, 9.17) is 9.47 Å². The third kappa shape index (κ3) is 8.40. The first kappa shape index (κ1) is 27.3. The summed E-state index contributed by atoms with van der Waals surface area (Å²) in [6.07, 6.45) is 7.94. The van der Waals surface area contributed by atoms with E-state index in [9.17, 15) is 9.59 Å². The Morgan fingerprint density at radius 3 is 2.00 bits per heavy atom. The van der Waals surface area contributed by atoms with Gasteiger partial charge in [0, 0.05) is 6.54 Å². The maximum Gasteiger partial charge on any atom is 0.411 e. The van der Waals surface area contributed by atoms with Gasteiger partial charge in [-0.3, -0.25) is 4.90 Å². The van der Waals surface area contributed by atoms with Crippen molar-refractivity contribution in [3.05, 3.63) is 35.9 Å². The summed E-state index contributed by atoms with van der Waals surface area (Å²) in [5, 5.41) is 0. The molecule has 178 valence electrons. The average Bonchev–Trinajstić information content (AvgIpc) is 3.01. The highest BCUT2D eigenvalue weighted by molar-refractivity contribution is 8.33. The van der Waals surface area contributed by atoms with E-state index in [0.717, 1.165) is 12.0 Å². The van der Waals surface area contributed by atoms with Crippen molar-refractivity contribution in [1.29, 1.82) is 0 Å². The topological polar surface area (TPSA) is 55.8 Å². The molecule has 2 rings (SSSR count). The van der Waals surface area contributed by atoms with Crippen LogP contribution < -0.4 is 0 Å². The van der Waals surface area contributed by atoms with Crippen LogP contribution >= 0.6 is 10.0 Å². The van der Waals surface area contributed by atoms with Gasteiger partial charge in [0.25, 0.3) is 0 Å². The van der Waals surface area contributed by atoms with Gasteiger partial charge in [-0.2, -0.15) is 0 Å². The van der Waals surface area contributed by atoms with Crippen molar-refractivity contribution in [2.45, 2.75) is 83.8 Å². The summed E-state index contributed by atoms with van der Waals surface area (Å²) in [5.41, 5.74) is -0.627. The van der Waals surface area contributed by atoms with Crippen LogP contribution in [-0.2, 0) is 20.9 Å². The summed E-state index contributed by atoms with van der Waals surface area (Å²) in [6, 6.07) is 9.50. The fourth-order valence-electron chi connectivity index (χ4n) is 2.66. The van der Waals surface area contributed by atoms with Crippen molar-refractivity contribution >= 4 is 22.1 Å². The molecular weight excluding hydrogens is 410 g/mol. The molecule has 1 aliphatic rings. The number of amides is 1. The summed E-state index contributed by atoms with van der Waals surface area (Å²) in [7, 11) is -0.340. The molecule has 31 heavy (non-hydrogen) atoms. The zero-order valence-corrected chi connectivity index (χ0v) is 22.0. The number of rotatable bonds is 3. The lowest BCUT2D eigenvalue weighted by Crippen LogP contribution is -2.52. The number of nitrogens with zero attached hydrogens (tertiary/aromatic N) is 1. The van der Waals surface area contributed by atoms with E-state index in [0.29, 0.717) is 17.7 Å². The molecule has 0 aliphatic carbocycles. The van der Waals surface area contributed by atoms with Gasteiger partial charge < -0.3 is 9.47 Å². The molecule has 1 fully saturated rings. The number of likely N-dealkylation sites (tertiary alicyclic amines) is 1. The van der Waals surface area contributed by atoms with Crippen LogP contribution in [0.15, 0.2) is 30.3 Å². The van der Waals surface area contributed by atoms with Crippen LogP contribution in [0.4, 0.5) is 4.79 Å². The number of esters is 1. The molecule has 1 heterocycles. The molecule has 0 N–H and O–H groups in total. The summed E-state index contributed by atoms with van der Waals surface area (Å²) < 4.78 is 11.4. The molecule has 1 unspecified atom stereocenters. The molecule has 1 saturated heterocycles. The number of carbonyl (C=O) groups is 2. The first-order valence-electron chi connectivity index (χ1n) is 10.9. The lowest BCUT2D eigenvalue weighted by molar-refractivity contribution is -0.156. The molecule has 1 atom stereocenters. The Hall–Kier alpha value is -1.69. The van der Waals surface area contributed by atoms with Gasteiger partial charge in [0.1, 0.15) is 17.7 Å². The van der Waals surface area contributed by atoms with Crippen molar-refractivity contribution in [1.82, 2.24) is 4.90 Å². The van der Waals surface area contributed by atoms with Crippen LogP contribution in [0.5, 0.6) is 0 Å². The molecule has 0 spiro atoms. The third-order valence-corrected chi connectivity index (χ3v) is 9.42. The number of hydrogen-bond donors (Lipinski definition) is 0. The second-order valence-electron chi connectivity index (χ2n) is 11.0. The first-order chi connectivity index (χ1) is 14.0. The number of hydrogen-bond acceptors (Lipinski definition) is 4. The van der Waals surface area contributed by atoms with E-state index in [-0.39, 0.29) is 22.6 Å². The first-order valence-corrected chi connectivity index (χ1v) is 13.7. The van der Waals surface area contributed by atoms with Crippen molar-refractivity contribution in [2.24, 2.45) is 0 Å². The lowest BCUT2D eigenvalue weighted by Gasteiger charge is -2.40. The second kappa shape index (κ2) is 10.3. The third-order valence-electron chi connectivity index (χ3n) is 5.74. The van der Waals surface area contributed by atoms with Crippen LogP contribution in [0.2, 0.25) is 0 Å². The highest BCUT2D eigenvalue weighted by Crippen LogP contribution is 2.48. The minimum absolute atomic E-state index is 0.206. The van der Waals surface area contributed by atoms with Gasteiger partial charge in [0.2, 0.25) is 0 Å². The Morgan fingerprint density at radius 1 is 1.03 bits per heavy atom. The maximum atomic E-state index is 12.5. The summed E-state index contributed by atoms with van der Waals surface area (Å²) in [4.78, 5) is 26.4. The van der Waals surface area contributed by atoms with Gasteiger partial charge in [-0.1, -0.05) is 51.1 Å². The van der Waals surface area contributed by atoms with E-state index in [2.05, 4.69) is 39.5 Å². The monoisotopic (exact) mass is 453 g/mol. The average molecular weight is 454 g/mol. The van der Waals surface area contributed by atoms with E-state index in [1.165, 1.54) is 4.90 Å². The van der Waals surface area contributed by atoms with E-state index in [1.807, 2.05) is 51.1 Å². The summed E-state index contributed by atoms with van der Waals surface area (Å²) in [5.74, 6) is -0.385. The number of benzene rings is 1. The van der Waals surface area contributed by atoms with E-state index < -0.39 is 17.2 Å². The largest absolute Gasteiger partial charge is 0.459 e. The molecule has 0 radical (unpaired) electrons. The Labute approximate surface area is 191 Å². The normalized spacial score (nSPS) is 19.9. The zero-order chi connectivity index (χ0) is 24.1. The lowest BCUT2D eigenvalue weighted by atomic mass is 9.99. The van der Waals surface area contributed by atoms with Crippen LogP contribution in [0.3, 0.4) is 0 Å². The molecule has 1 aromatic carbocycles. The van der Waals surface area contributed by atoms with Crippen molar-refractivity contribution in [3.63, 3.8) is 0 Å². The summed E-state index contributed by atoms with van der Waals surface area (Å²) >= 11 is 0. The molecule has 5 nitrogen and oxygen atoms in total. The number of ether oxygens (including phenoxy) is 2. The standard InChI is InChI=1S/C18H25NO4.C7H18S/c1-17(2,3)23-16(21)19-12-8-11-18(19,4)15(20)22-13-14-9-6-5-7-10-14;1-7(2,3)8(4,5)6/h5-7,9-10H,8,11-13H2,1-4H3;1-6H3. The van der Waals surface area contributed by atoms with Crippen LogP contribution in [0.1, 0.15) is 66.9 Å². The van der Waals surface area contributed by atoms with Gasteiger partial charge >= 0.3 is 12.1 Å². The highest BCUT2D eigenvalue weighted by atomic mass is 32.3. The van der Waals surface area contributed by atoms with Crippen molar-refractivity contribution in [3.8, 4) is 0 Å². The van der Waals surface area contributed by atoms with Gasteiger partial charge in [-0.15, -0.1) is 0 Å². The molecule has 1 aliphatic heterocycles. The zero-order valence-electron chi connectivity index (χ0n) is 21.2. The Kier molecular flexibility index (Phi) is 9.07. The van der Waals surface area contributed by atoms with Gasteiger partial charge in [0.05, 0.1) is 0 Å². The maximum absolute atomic E-state index is 12.5. The molecular formula is C25H43NO4S. The summed E-state index contributed by atoms with van der Waals surface area (Å²) in [6.45, 7) is 14.8. The second-order valence-corrected chi connectivity index (χ2v) is 15.9. The smallest absolute Gasteiger partial charge is 0.411 e. The van der Waals surface area contributed by atoms with Crippen LogP contribution in [0, 0.1) is 0 Å². The minimum atomic E-state index is -0.961. The number of carbonyl (C=O) groups excluding carboxylic acids is 2. The fourth-order valence-corrected chi connectivity index (χ4v) is 2.66. The Bertz CT molecular complexity index is 717. The van der Waals surface area contributed by atoms with Crippen molar-refractivity contribution < 1.29 is 19.1 Å². The Balaban J connectivity index is 0.000000512.